The average molecular weight is 301 g/mol. The van der Waals surface area contributed by atoms with Crippen LogP contribution in [-0.4, -0.2) is 11.9 Å². The van der Waals surface area contributed by atoms with Crippen molar-refractivity contribution in [2.75, 3.05) is 5.43 Å². The maximum atomic E-state index is 12.9. The van der Waals surface area contributed by atoms with Crippen LogP contribution in [0.15, 0.2) is 18.2 Å². The van der Waals surface area contributed by atoms with Crippen molar-refractivity contribution >= 4 is 11.6 Å². The molecule has 21 heavy (non-hydrogen) atoms. The number of carbonyl (C=O) groups excluding carboxylic acids is 1. The molecule has 1 amide bonds. The molecule has 0 spiro atoms. The summed E-state index contributed by atoms with van der Waals surface area (Å²) in [5.41, 5.74) is 0.553. The summed E-state index contributed by atoms with van der Waals surface area (Å²) in [7, 11) is 0. The summed E-state index contributed by atoms with van der Waals surface area (Å²) in [4.78, 5) is 12.2. The first-order valence-electron chi connectivity index (χ1n) is 6.82. The van der Waals surface area contributed by atoms with E-state index in [9.17, 15) is 18.0 Å². The molecular formula is C14H18F3N3O. The largest absolute Gasteiger partial charge is 0.418 e. The van der Waals surface area contributed by atoms with Gasteiger partial charge in [0.15, 0.2) is 0 Å². The fourth-order valence-corrected chi connectivity index (χ4v) is 2.48. The molecule has 4 nitrogen and oxygen atoms in total. The third-order valence-electron chi connectivity index (χ3n) is 3.97. The number of nitrogen functional groups attached to an aromatic ring is 1. The van der Waals surface area contributed by atoms with Gasteiger partial charge in [0.2, 0.25) is 0 Å². The van der Waals surface area contributed by atoms with E-state index in [1.807, 2.05) is 12.3 Å². The molecule has 0 bridgehead atoms. The van der Waals surface area contributed by atoms with Crippen LogP contribution < -0.4 is 16.6 Å². The predicted molar refractivity (Wildman–Crippen MR) is 73.5 cm³/mol. The Morgan fingerprint density at radius 3 is 2.52 bits per heavy atom. The van der Waals surface area contributed by atoms with E-state index >= 15 is 0 Å². The molecule has 1 aliphatic rings. The molecule has 1 unspecified atom stereocenters. The predicted octanol–water partition coefficient (Wildman–Crippen LogP) is 2.91. The maximum Gasteiger partial charge on any atom is 0.418 e. The lowest BCUT2D eigenvalue weighted by Gasteiger charge is -2.32. The molecule has 0 aromatic heterocycles. The van der Waals surface area contributed by atoms with E-state index in [2.05, 4.69) is 5.32 Å². The van der Waals surface area contributed by atoms with Gasteiger partial charge in [-0.25, -0.2) is 0 Å². The fraction of sp³-hybridized carbons (Fsp3) is 0.500. The monoisotopic (exact) mass is 301 g/mol. The van der Waals surface area contributed by atoms with Crippen molar-refractivity contribution in [2.45, 2.75) is 38.4 Å². The summed E-state index contributed by atoms with van der Waals surface area (Å²) >= 11 is 0. The Morgan fingerprint density at radius 2 is 2.05 bits per heavy atom. The number of hydrazine groups is 1. The van der Waals surface area contributed by atoms with Gasteiger partial charge in [-0.1, -0.05) is 12.5 Å². The second-order valence-electron chi connectivity index (χ2n) is 5.32. The molecule has 0 heterocycles. The van der Waals surface area contributed by atoms with Crippen LogP contribution >= 0.6 is 0 Å². The van der Waals surface area contributed by atoms with Gasteiger partial charge < -0.3 is 10.7 Å². The standard InChI is InChI=1S/C14H18F3N3O/c1-8(9-4-2-5-9)19-13(21)10-6-3-7-11(12(10)20-18)14(15,16)17/h3,6-9,20H,2,4-5,18H2,1H3,(H,19,21). The number of nitrogens with two attached hydrogens (primary N) is 1. The summed E-state index contributed by atoms with van der Waals surface area (Å²) in [6.07, 6.45) is -1.38. The zero-order valence-electron chi connectivity index (χ0n) is 11.6. The molecule has 116 valence electrons. The van der Waals surface area contributed by atoms with Crippen LogP contribution in [0.2, 0.25) is 0 Å². The Labute approximate surface area is 120 Å². The van der Waals surface area contributed by atoms with Crippen molar-refractivity contribution in [3.05, 3.63) is 29.3 Å². The summed E-state index contributed by atoms with van der Waals surface area (Å²) in [5, 5.41) is 2.75. The minimum Gasteiger partial charge on any atom is -0.349 e. The van der Waals surface area contributed by atoms with Crippen molar-refractivity contribution in [1.82, 2.24) is 5.32 Å². The molecule has 2 rings (SSSR count). The first-order chi connectivity index (χ1) is 9.84. The number of para-hydroxylation sites is 1. The van der Waals surface area contributed by atoms with E-state index in [4.69, 9.17) is 5.84 Å². The highest BCUT2D eigenvalue weighted by atomic mass is 19.4. The number of carbonyl (C=O) groups is 1. The second kappa shape index (κ2) is 5.93. The number of rotatable bonds is 4. The Morgan fingerprint density at radius 1 is 1.38 bits per heavy atom. The zero-order chi connectivity index (χ0) is 15.6. The lowest BCUT2D eigenvalue weighted by atomic mass is 9.80. The molecular weight excluding hydrogens is 283 g/mol. The van der Waals surface area contributed by atoms with Gasteiger partial charge in [0, 0.05) is 6.04 Å². The Hall–Kier alpha value is -1.76. The van der Waals surface area contributed by atoms with Crippen LogP contribution in [0.4, 0.5) is 18.9 Å². The quantitative estimate of drug-likeness (QED) is 0.592. The molecule has 1 fully saturated rings. The Balaban J connectivity index is 2.24. The highest BCUT2D eigenvalue weighted by molar-refractivity contribution is 6.00. The molecule has 1 aromatic carbocycles. The van der Waals surface area contributed by atoms with Gasteiger partial charge in [0.1, 0.15) is 0 Å². The Bertz CT molecular complexity index is 527. The van der Waals surface area contributed by atoms with Crippen molar-refractivity contribution in [3.63, 3.8) is 0 Å². The number of benzene rings is 1. The minimum absolute atomic E-state index is 0.0635. The zero-order valence-corrected chi connectivity index (χ0v) is 11.6. The van der Waals surface area contributed by atoms with Crippen LogP contribution in [0, 0.1) is 5.92 Å². The number of hydrogen-bond acceptors (Lipinski definition) is 3. The lowest BCUT2D eigenvalue weighted by molar-refractivity contribution is -0.137. The molecule has 1 aliphatic carbocycles. The van der Waals surface area contributed by atoms with Crippen molar-refractivity contribution in [1.29, 1.82) is 0 Å². The summed E-state index contributed by atoms with van der Waals surface area (Å²) < 4.78 is 38.7. The first kappa shape index (κ1) is 15.6. The number of amides is 1. The highest BCUT2D eigenvalue weighted by Crippen LogP contribution is 2.36. The summed E-state index contributed by atoms with van der Waals surface area (Å²) in [6.45, 7) is 1.87. The molecule has 7 heteroatoms. The third-order valence-corrected chi connectivity index (χ3v) is 3.97. The van der Waals surface area contributed by atoms with E-state index in [0.717, 1.165) is 25.3 Å². The van der Waals surface area contributed by atoms with Gasteiger partial charge in [0.25, 0.3) is 5.91 Å². The highest BCUT2D eigenvalue weighted by Gasteiger charge is 2.35. The van der Waals surface area contributed by atoms with Crippen LogP contribution in [0.1, 0.15) is 42.1 Å². The van der Waals surface area contributed by atoms with Crippen molar-refractivity contribution < 1.29 is 18.0 Å². The van der Waals surface area contributed by atoms with Crippen LogP contribution in [0.25, 0.3) is 0 Å². The van der Waals surface area contributed by atoms with E-state index in [0.29, 0.717) is 5.92 Å². The summed E-state index contributed by atoms with van der Waals surface area (Å²) in [6, 6.07) is 3.35. The van der Waals surface area contributed by atoms with Crippen LogP contribution in [0.5, 0.6) is 0 Å². The number of halogens is 3. The second-order valence-corrected chi connectivity index (χ2v) is 5.32. The minimum atomic E-state index is -4.57. The number of nitrogens with one attached hydrogen (secondary N) is 2. The molecule has 1 saturated carbocycles. The third kappa shape index (κ3) is 3.29. The lowest BCUT2D eigenvalue weighted by Crippen LogP contribution is -2.41. The van der Waals surface area contributed by atoms with Crippen molar-refractivity contribution in [3.8, 4) is 0 Å². The van der Waals surface area contributed by atoms with Crippen LogP contribution in [0.3, 0.4) is 0 Å². The normalized spacial score (nSPS) is 17.0. The van der Waals surface area contributed by atoms with Crippen LogP contribution in [-0.2, 0) is 6.18 Å². The van der Waals surface area contributed by atoms with Gasteiger partial charge in [0.05, 0.1) is 16.8 Å². The van der Waals surface area contributed by atoms with E-state index in [1.54, 1.807) is 0 Å². The number of anilines is 1. The molecule has 4 N–H and O–H groups in total. The molecule has 0 saturated heterocycles. The SMILES string of the molecule is CC(NC(=O)c1cccc(C(F)(F)F)c1NN)C1CCC1. The van der Waals surface area contributed by atoms with E-state index in [1.165, 1.54) is 12.1 Å². The van der Waals surface area contributed by atoms with E-state index < -0.39 is 23.3 Å². The molecule has 1 atom stereocenters. The number of hydrogen-bond donors (Lipinski definition) is 3. The number of alkyl halides is 3. The maximum absolute atomic E-state index is 12.9. The molecule has 0 aliphatic heterocycles. The van der Waals surface area contributed by atoms with Gasteiger partial charge in [-0.15, -0.1) is 0 Å². The smallest absolute Gasteiger partial charge is 0.349 e. The summed E-state index contributed by atoms with van der Waals surface area (Å²) in [5.74, 6) is 5.03. The molecule has 1 aromatic rings. The van der Waals surface area contributed by atoms with E-state index in [-0.39, 0.29) is 11.6 Å². The fourth-order valence-electron chi connectivity index (χ4n) is 2.48. The topological polar surface area (TPSA) is 67.2 Å². The van der Waals surface area contributed by atoms with Gasteiger partial charge >= 0.3 is 6.18 Å². The van der Waals surface area contributed by atoms with Gasteiger partial charge in [-0.05, 0) is 37.8 Å². The van der Waals surface area contributed by atoms with Crippen molar-refractivity contribution in [2.24, 2.45) is 11.8 Å². The Kier molecular flexibility index (Phi) is 4.41. The first-order valence-corrected chi connectivity index (χ1v) is 6.82. The van der Waals surface area contributed by atoms with Gasteiger partial charge in [-0.3, -0.25) is 10.6 Å². The average Bonchev–Trinajstić information content (AvgIpc) is 2.34. The van der Waals surface area contributed by atoms with Gasteiger partial charge in [-0.2, -0.15) is 13.2 Å². The molecule has 0 radical (unpaired) electrons.